The first-order chi connectivity index (χ1) is 6.72. The number of hydrogen-bond donors (Lipinski definition) is 2. The van der Waals surface area contributed by atoms with Crippen LogP contribution in [0.25, 0.3) is 0 Å². The first-order valence-electron chi connectivity index (χ1n) is 5.24. The van der Waals surface area contributed by atoms with Gasteiger partial charge in [-0.1, -0.05) is 0 Å². The molecule has 1 aliphatic rings. The summed E-state index contributed by atoms with van der Waals surface area (Å²) in [6.45, 7) is 2.61. The molecule has 1 saturated heterocycles. The first kappa shape index (κ1) is 11.5. The third-order valence-electron chi connectivity index (χ3n) is 2.40. The van der Waals surface area contributed by atoms with Gasteiger partial charge in [-0.25, -0.2) is 0 Å². The molecule has 4 nitrogen and oxygen atoms in total. The van der Waals surface area contributed by atoms with Crippen LogP contribution in [0.1, 0.15) is 32.6 Å². The van der Waals surface area contributed by atoms with Crippen molar-refractivity contribution in [2.75, 3.05) is 13.2 Å². The third kappa shape index (κ3) is 4.07. The summed E-state index contributed by atoms with van der Waals surface area (Å²) < 4.78 is 5.41. The molecule has 1 fully saturated rings. The fourth-order valence-electron chi connectivity index (χ4n) is 1.56. The normalized spacial score (nSPS) is 23.4. The van der Waals surface area contributed by atoms with E-state index in [0.29, 0.717) is 6.42 Å². The maximum Gasteiger partial charge on any atom is 0.220 e. The molecule has 1 aliphatic heterocycles. The quantitative estimate of drug-likeness (QED) is 0.678. The van der Waals surface area contributed by atoms with Crippen LogP contribution in [0.4, 0.5) is 0 Å². The minimum Gasteiger partial charge on any atom is -0.394 e. The van der Waals surface area contributed by atoms with Gasteiger partial charge in [0.05, 0.1) is 12.7 Å². The minimum atomic E-state index is -0.146. The van der Waals surface area contributed by atoms with Gasteiger partial charge in [0.25, 0.3) is 0 Å². The van der Waals surface area contributed by atoms with Crippen LogP contribution in [0, 0.1) is 0 Å². The lowest BCUT2D eigenvalue weighted by Crippen LogP contribution is -2.35. The molecule has 0 aromatic heterocycles. The minimum absolute atomic E-state index is 0.00190. The molecule has 2 atom stereocenters. The zero-order chi connectivity index (χ0) is 10.4. The number of nitrogens with one attached hydrogen (secondary N) is 1. The van der Waals surface area contributed by atoms with E-state index in [-0.39, 0.29) is 24.7 Å². The predicted molar refractivity (Wildman–Crippen MR) is 52.9 cm³/mol. The molecule has 1 heterocycles. The number of carbonyl (C=O) groups is 1. The molecule has 0 saturated carbocycles. The van der Waals surface area contributed by atoms with Gasteiger partial charge in [-0.3, -0.25) is 4.79 Å². The molecule has 2 N–H and O–H groups in total. The topological polar surface area (TPSA) is 58.6 Å². The molecule has 1 amide bonds. The van der Waals surface area contributed by atoms with Crippen molar-refractivity contribution < 1.29 is 14.6 Å². The molecular formula is C10H19NO3. The van der Waals surface area contributed by atoms with Crippen LogP contribution in [0.3, 0.4) is 0 Å². The second kappa shape index (κ2) is 5.98. The van der Waals surface area contributed by atoms with E-state index in [1.165, 1.54) is 0 Å². The highest BCUT2D eigenvalue weighted by Crippen LogP contribution is 2.16. The summed E-state index contributed by atoms with van der Waals surface area (Å²) in [5, 5.41) is 11.4. The van der Waals surface area contributed by atoms with Crippen molar-refractivity contribution in [3.8, 4) is 0 Å². The number of rotatable bonds is 5. The van der Waals surface area contributed by atoms with Gasteiger partial charge >= 0.3 is 0 Å². The molecule has 0 radical (unpaired) electrons. The van der Waals surface area contributed by atoms with Crippen molar-refractivity contribution in [1.29, 1.82) is 0 Å². The summed E-state index contributed by atoms with van der Waals surface area (Å²) in [7, 11) is 0. The van der Waals surface area contributed by atoms with Crippen LogP contribution in [0.5, 0.6) is 0 Å². The van der Waals surface area contributed by atoms with Crippen molar-refractivity contribution in [2.24, 2.45) is 0 Å². The fraction of sp³-hybridized carbons (Fsp3) is 0.900. The second-order valence-electron chi connectivity index (χ2n) is 3.82. The van der Waals surface area contributed by atoms with Gasteiger partial charge in [-0.2, -0.15) is 0 Å². The summed E-state index contributed by atoms with van der Waals surface area (Å²) in [6, 6.07) is -0.146. The Bertz CT molecular complexity index is 178. The monoisotopic (exact) mass is 201 g/mol. The van der Waals surface area contributed by atoms with E-state index >= 15 is 0 Å². The number of carbonyl (C=O) groups excluding carboxylic acids is 1. The Kier molecular flexibility index (Phi) is 4.90. The van der Waals surface area contributed by atoms with Crippen LogP contribution in [-0.4, -0.2) is 36.4 Å². The van der Waals surface area contributed by atoms with Crippen molar-refractivity contribution in [3.05, 3.63) is 0 Å². The fourth-order valence-corrected chi connectivity index (χ4v) is 1.56. The van der Waals surface area contributed by atoms with Gasteiger partial charge in [0.2, 0.25) is 5.91 Å². The highest BCUT2D eigenvalue weighted by Gasteiger charge is 2.16. The largest absolute Gasteiger partial charge is 0.394 e. The SMILES string of the molecule is C[C@H](CO)NC(=O)CC[C@@H]1CCCO1. The summed E-state index contributed by atoms with van der Waals surface area (Å²) in [6.07, 6.45) is 3.74. The van der Waals surface area contributed by atoms with E-state index in [4.69, 9.17) is 9.84 Å². The summed E-state index contributed by atoms with van der Waals surface area (Å²) >= 11 is 0. The van der Waals surface area contributed by atoms with Crippen molar-refractivity contribution in [2.45, 2.75) is 44.8 Å². The van der Waals surface area contributed by atoms with Crippen LogP contribution < -0.4 is 5.32 Å². The van der Waals surface area contributed by atoms with Crippen molar-refractivity contribution in [1.82, 2.24) is 5.32 Å². The Labute approximate surface area is 84.6 Å². The second-order valence-corrected chi connectivity index (χ2v) is 3.82. The Morgan fingerprint density at radius 3 is 3.07 bits per heavy atom. The highest BCUT2D eigenvalue weighted by atomic mass is 16.5. The van der Waals surface area contributed by atoms with Gasteiger partial charge in [0.15, 0.2) is 0 Å². The van der Waals surface area contributed by atoms with E-state index in [0.717, 1.165) is 25.9 Å². The number of aliphatic hydroxyl groups is 1. The van der Waals surface area contributed by atoms with Crippen molar-refractivity contribution in [3.63, 3.8) is 0 Å². The number of aliphatic hydroxyl groups excluding tert-OH is 1. The van der Waals surface area contributed by atoms with E-state index in [1.807, 2.05) is 0 Å². The van der Waals surface area contributed by atoms with E-state index in [9.17, 15) is 4.79 Å². The van der Waals surface area contributed by atoms with E-state index < -0.39 is 0 Å². The Balaban J connectivity index is 2.08. The summed E-state index contributed by atoms with van der Waals surface area (Å²) in [4.78, 5) is 11.3. The third-order valence-corrected chi connectivity index (χ3v) is 2.40. The van der Waals surface area contributed by atoms with Gasteiger partial charge in [0, 0.05) is 19.1 Å². The molecule has 82 valence electrons. The van der Waals surface area contributed by atoms with Crippen LogP contribution >= 0.6 is 0 Å². The maximum absolute atomic E-state index is 11.3. The number of ether oxygens (including phenoxy) is 1. The smallest absolute Gasteiger partial charge is 0.220 e. The predicted octanol–water partition coefficient (Wildman–Crippen LogP) is 0.443. The summed E-state index contributed by atoms with van der Waals surface area (Å²) in [5.41, 5.74) is 0. The molecule has 0 unspecified atom stereocenters. The summed E-state index contributed by atoms with van der Waals surface area (Å²) in [5.74, 6) is 0.00190. The zero-order valence-electron chi connectivity index (χ0n) is 8.66. The van der Waals surface area contributed by atoms with Crippen LogP contribution in [0.2, 0.25) is 0 Å². The molecule has 4 heteroatoms. The Morgan fingerprint density at radius 1 is 1.71 bits per heavy atom. The molecule has 14 heavy (non-hydrogen) atoms. The Hall–Kier alpha value is -0.610. The van der Waals surface area contributed by atoms with Gasteiger partial charge < -0.3 is 15.2 Å². The lowest BCUT2D eigenvalue weighted by Gasteiger charge is -2.12. The average Bonchev–Trinajstić information content (AvgIpc) is 2.67. The Morgan fingerprint density at radius 2 is 2.50 bits per heavy atom. The molecule has 0 aromatic carbocycles. The highest BCUT2D eigenvalue weighted by molar-refractivity contribution is 5.76. The van der Waals surface area contributed by atoms with Crippen molar-refractivity contribution >= 4 is 5.91 Å². The molecular weight excluding hydrogens is 182 g/mol. The lowest BCUT2D eigenvalue weighted by molar-refractivity contribution is -0.122. The number of amides is 1. The van der Waals surface area contributed by atoms with E-state index in [1.54, 1.807) is 6.92 Å². The number of hydrogen-bond acceptors (Lipinski definition) is 3. The molecule has 0 bridgehead atoms. The van der Waals surface area contributed by atoms with E-state index in [2.05, 4.69) is 5.32 Å². The van der Waals surface area contributed by atoms with Crippen LogP contribution in [-0.2, 0) is 9.53 Å². The standard InChI is InChI=1S/C10H19NO3/c1-8(7-12)11-10(13)5-4-9-3-2-6-14-9/h8-9,12H,2-7H2,1H3,(H,11,13)/t8-,9+/m1/s1. The lowest BCUT2D eigenvalue weighted by atomic mass is 10.1. The molecule has 0 spiro atoms. The molecule has 1 rings (SSSR count). The van der Waals surface area contributed by atoms with Crippen LogP contribution in [0.15, 0.2) is 0 Å². The van der Waals surface area contributed by atoms with Gasteiger partial charge in [0.1, 0.15) is 0 Å². The molecule has 0 aromatic rings. The average molecular weight is 201 g/mol. The van der Waals surface area contributed by atoms with Gasteiger partial charge in [-0.15, -0.1) is 0 Å². The first-order valence-corrected chi connectivity index (χ1v) is 5.24. The maximum atomic E-state index is 11.3. The zero-order valence-corrected chi connectivity index (χ0v) is 8.66. The molecule has 0 aliphatic carbocycles. The van der Waals surface area contributed by atoms with Gasteiger partial charge in [-0.05, 0) is 26.2 Å².